The monoisotopic (exact) mass is 315 g/mol. The molecule has 22 heavy (non-hydrogen) atoms. The van der Waals surface area contributed by atoms with E-state index in [9.17, 15) is 13.2 Å². The van der Waals surface area contributed by atoms with Crippen LogP contribution in [0.25, 0.3) is 10.8 Å². The number of sulfone groups is 1. The lowest BCUT2D eigenvalue weighted by molar-refractivity contribution is 0.0907. The van der Waals surface area contributed by atoms with Crippen LogP contribution in [0.2, 0.25) is 0 Å². The molecule has 0 radical (unpaired) electrons. The number of aromatic nitrogens is 1. The molecule has 2 bridgehead atoms. The summed E-state index contributed by atoms with van der Waals surface area (Å²) in [5, 5.41) is 1.23. The van der Waals surface area contributed by atoms with Gasteiger partial charge >= 0.3 is 0 Å². The van der Waals surface area contributed by atoms with Crippen LogP contribution in [0.3, 0.4) is 0 Å². The quantitative estimate of drug-likeness (QED) is 0.799. The van der Waals surface area contributed by atoms with Crippen molar-refractivity contribution < 1.29 is 13.2 Å². The average molecular weight is 315 g/mol. The molecule has 0 saturated carbocycles. The molecule has 2 aromatic rings. The Balaban J connectivity index is 1.71. The first-order valence-corrected chi connectivity index (χ1v) is 9.28. The Hall–Kier alpha value is -1.75. The van der Waals surface area contributed by atoms with Gasteiger partial charge in [0.1, 0.15) is 0 Å². The van der Waals surface area contributed by atoms with E-state index in [2.05, 4.69) is 4.98 Å². The number of benzene rings is 1. The summed E-state index contributed by atoms with van der Waals surface area (Å²) in [5.74, 6) is -0.0802. The fourth-order valence-electron chi connectivity index (χ4n) is 3.98. The van der Waals surface area contributed by atoms with Crippen molar-refractivity contribution in [2.24, 2.45) is 5.92 Å². The Kier molecular flexibility index (Phi) is 3.08. The molecular weight excluding hydrogens is 298 g/mol. The first kappa shape index (κ1) is 13.9. The smallest absolute Gasteiger partial charge is 0.166 e. The van der Waals surface area contributed by atoms with Gasteiger partial charge in [-0.1, -0.05) is 18.2 Å². The number of fused-ring (bicyclic) bond motifs is 3. The van der Waals surface area contributed by atoms with Gasteiger partial charge in [-0.3, -0.25) is 9.78 Å². The van der Waals surface area contributed by atoms with Gasteiger partial charge in [-0.15, -0.1) is 0 Å². The maximum atomic E-state index is 12.9. The highest BCUT2D eigenvalue weighted by Gasteiger charge is 2.48. The van der Waals surface area contributed by atoms with Crippen molar-refractivity contribution in [2.45, 2.75) is 36.2 Å². The lowest BCUT2D eigenvalue weighted by Gasteiger charge is -2.27. The molecule has 0 amide bonds. The summed E-state index contributed by atoms with van der Waals surface area (Å²) in [4.78, 5) is 17.0. The standard InChI is InChI=1S/C17H17NO3S/c19-17(12-8-13-4-5-14(9-12)22(13,20)21)16-3-1-2-11-10-18-7-6-15(11)16/h1-3,6-7,10,12-14H,4-5,8-9H2. The van der Waals surface area contributed by atoms with Gasteiger partial charge in [-0.2, -0.15) is 0 Å². The zero-order chi connectivity index (χ0) is 15.3. The van der Waals surface area contributed by atoms with Gasteiger partial charge in [-0.05, 0) is 37.1 Å². The van der Waals surface area contributed by atoms with Gasteiger partial charge in [0.25, 0.3) is 0 Å². The van der Waals surface area contributed by atoms with Crippen molar-refractivity contribution in [3.8, 4) is 0 Å². The predicted octanol–water partition coefficient (Wildman–Crippen LogP) is 2.77. The minimum absolute atomic E-state index is 0.0867. The minimum Gasteiger partial charge on any atom is -0.294 e. The predicted molar refractivity (Wildman–Crippen MR) is 84.5 cm³/mol. The second kappa shape index (κ2) is 4.88. The van der Waals surface area contributed by atoms with Crippen LogP contribution in [0.15, 0.2) is 36.7 Å². The Labute approximate surface area is 129 Å². The molecule has 5 heteroatoms. The average Bonchev–Trinajstić information content (AvgIpc) is 2.71. The Morgan fingerprint density at radius 2 is 1.82 bits per heavy atom. The third-order valence-corrected chi connectivity index (χ3v) is 7.87. The Morgan fingerprint density at radius 3 is 2.55 bits per heavy atom. The van der Waals surface area contributed by atoms with Crippen LogP contribution in [0, 0.1) is 5.92 Å². The number of carbonyl (C=O) groups excluding carboxylic acids is 1. The van der Waals surface area contributed by atoms with Gasteiger partial charge in [0.15, 0.2) is 15.6 Å². The second-order valence-corrected chi connectivity index (χ2v) is 8.86. The summed E-state index contributed by atoms with van der Waals surface area (Å²) in [7, 11) is -2.98. The summed E-state index contributed by atoms with van der Waals surface area (Å²) in [6, 6.07) is 7.51. The molecule has 1 aromatic heterocycles. The van der Waals surface area contributed by atoms with Crippen molar-refractivity contribution >= 4 is 26.4 Å². The third-order valence-electron chi connectivity index (χ3n) is 5.15. The fraction of sp³-hybridized carbons (Fsp3) is 0.412. The maximum absolute atomic E-state index is 12.9. The van der Waals surface area contributed by atoms with Crippen LogP contribution < -0.4 is 0 Å². The van der Waals surface area contributed by atoms with E-state index in [4.69, 9.17) is 0 Å². The van der Waals surface area contributed by atoms with Gasteiger partial charge in [-0.25, -0.2) is 8.42 Å². The molecule has 2 saturated heterocycles. The van der Waals surface area contributed by atoms with Crippen LogP contribution in [-0.4, -0.2) is 29.7 Å². The Morgan fingerprint density at radius 1 is 1.09 bits per heavy atom. The lowest BCUT2D eigenvalue weighted by Crippen LogP contribution is -2.36. The fourth-order valence-corrected chi connectivity index (χ4v) is 6.45. The third kappa shape index (κ3) is 1.99. The number of Topliss-reactive ketones (excluding diaryl/α,β-unsaturated/α-hetero) is 1. The van der Waals surface area contributed by atoms with E-state index in [1.165, 1.54) is 0 Å². The molecule has 0 aliphatic carbocycles. The van der Waals surface area contributed by atoms with Crippen LogP contribution in [0.1, 0.15) is 36.0 Å². The van der Waals surface area contributed by atoms with Crippen LogP contribution >= 0.6 is 0 Å². The first-order valence-electron chi connectivity index (χ1n) is 7.67. The zero-order valence-corrected chi connectivity index (χ0v) is 12.9. The zero-order valence-electron chi connectivity index (χ0n) is 12.1. The van der Waals surface area contributed by atoms with Gasteiger partial charge in [0.2, 0.25) is 0 Å². The number of hydrogen-bond acceptors (Lipinski definition) is 4. The highest BCUT2D eigenvalue weighted by molar-refractivity contribution is 7.93. The highest BCUT2D eigenvalue weighted by atomic mass is 32.2. The normalized spacial score (nSPS) is 29.5. The maximum Gasteiger partial charge on any atom is 0.166 e. The molecule has 2 aliphatic heterocycles. The molecule has 2 unspecified atom stereocenters. The molecule has 2 aliphatic rings. The minimum atomic E-state index is -2.98. The van der Waals surface area contributed by atoms with Crippen LogP contribution in [0.5, 0.6) is 0 Å². The molecular formula is C17H17NO3S. The molecule has 0 N–H and O–H groups in total. The topological polar surface area (TPSA) is 64.1 Å². The van der Waals surface area contributed by atoms with Crippen LogP contribution in [-0.2, 0) is 9.84 Å². The highest BCUT2D eigenvalue weighted by Crippen LogP contribution is 2.42. The number of rotatable bonds is 2. The number of ketones is 1. The molecule has 114 valence electrons. The van der Waals surface area contributed by atoms with E-state index in [1.54, 1.807) is 12.4 Å². The van der Waals surface area contributed by atoms with E-state index in [0.29, 0.717) is 18.4 Å². The van der Waals surface area contributed by atoms with Gasteiger partial charge < -0.3 is 0 Å². The summed E-state index contributed by atoms with van der Waals surface area (Å²) in [6.07, 6.45) is 5.85. The summed E-state index contributed by atoms with van der Waals surface area (Å²) < 4.78 is 24.3. The van der Waals surface area contributed by atoms with E-state index >= 15 is 0 Å². The molecule has 0 spiro atoms. The van der Waals surface area contributed by atoms with Gasteiger partial charge in [0, 0.05) is 29.3 Å². The summed E-state index contributed by atoms with van der Waals surface area (Å²) >= 11 is 0. The van der Waals surface area contributed by atoms with E-state index in [-0.39, 0.29) is 22.2 Å². The largest absolute Gasteiger partial charge is 0.294 e. The molecule has 4 rings (SSSR count). The summed E-state index contributed by atoms with van der Waals surface area (Å²) in [6.45, 7) is 0. The van der Waals surface area contributed by atoms with Crippen molar-refractivity contribution in [2.75, 3.05) is 0 Å². The second-order valence-electron chi connectivity index (χ2n) is 6.35. The molecule has 2 atom stereocenters. The van der Waals surface area contributed by atoms with E-state index in [1.807, 2.05) is 24.3 Å². The Bertz CT molecular complexity index is 834. The molecule has 1 aromatic carbocycles. The molecule has 4 nitrogen and oxygen atoms in total. The van der Waals surface area contributed by atoms with E-state index < -0.39 is 9.84 Å². The van der Waals surface area contributed by atoms with Gasteiger partial charge in [0.05, 0.1) is 10.5 Å². The molecule has 3 heterocycles. The number of pyridine rings is 1. The van der Waals surface area contributed by atoms with Crippen molar-refractivity contribution in [1.82, 2.24) is 4.98 Å². The number of hydrogen-bond donors (Lipinski definition) is 0. The van der Waals surface area contributed by atoms with E-state index in [0.717, 1.165) is 23.6 Å². The molecule has 2 fully saturated rings. The lowest BCUT2D eigenvalue weighted by atomic mass is 9.88. The number of carbonyl (C=O) groups is 1. The number of nitrogens with zero attached hydrogens (tertiary/aromatic N) is 1. The van der Waals surface area contributed by atoms with Crippen molar-refractivity contribution in [3.05, 3.63) is 42.2 Å². The van der Waals surface area contributed by atoms with Crippen molar-refractivity contribution in [1.29, 1.82) is 0 Å². The van der Waals surface area contributed by atoms with Crippen molar-refractivity contribution in [3.63, 3.8) is 0 Å². The van der Waals surface area contributed by atoms with Crippen LogP contribution in [0.4, 0.5) is 0 Å². The summed E-state index contributed by atoms with van der Waals surface area (Å²) in [5.41, 5.74) is 0.698. The first-order chi connectivity index (χ1) is 10.6. The SMILES string of the molecule is O=C(c1cccc2cnccc12)C1CC2CCC(C1)S2(=O)=O.